The van der Waals surface area contributed by atoms with Crippen LogP contribution in [-0.2, 0) is 13.7 Å². The number of aryl methyl sites for hydroxylation is 1. The molecule has 2 rings (SSSR count). The Bertz CT molecular complexity index is 458. The maximum absolute atomic E-state index is 5.62. The Labute approximate surface area is 94.7 Å². The van der Waals surface area contributed by atoms with Gasteiger partial charge in [-0.3, -0.25) is 4.68 Å². The van der Waals surface area contributed by atoms with Gasteiger partial charge in [0.2, 0.25) is 0 Å². The van der Waals surface area contributed by atoms with E-state index in [1.807, 2.05) is 22.5 Å². The summed E-state index contributed by atoms with van der Waals surface area (Å²) in [5.41, 5.74) is 1.04. The summed E-state index contributed by atoms with van der Waals surface area (Å²) < 4.78 is 9.43. The number of rotatable bonds is 4. The van der Waals surface area contributed by atoms with E-state index in [4.69, 9.17) is 4.74 Å². The second kappa shape index (κ2) is 4.38. The summed E-state index contributed by atoms with van der Waals surface area (Å²) in [4.78, 5) is 4.03. The van der Waals surface area contributed by atoms with Crippen LogP contribution in [0.5, 0.6) is 5.75 Å². The molecule has 0 spiro atoms. The highest BCUT2D eigenvalue weighted by Gasteiger charge is 2.04. The normalized spacial score (nSPS) is 11.0. The predicted molar refractivity (Wildman–Crippen MR) is 60.2 cm³/mol. The number of nitrogens with zero attached hydrogens (tertiary/aromatic N) is 4. The van der Waals surface area contributed by atoms with Gasteiger partial charge in [-0.2, -0.15) is 5.10 Å². The molecule has 0 atom stereocenters. The molecule has 0 fully saturated rings. The fourth-order valence-electron chi connectivity index (χ4n) is 1.36. The Kier molecular flexibility index (Phi) is 2.94. The van der Waals surface area contributed by atoms with Crippen molar-refractivity contribution in [3.8, 4) is 5.75 Å². The standard InChI is InChI=1S/C11H16N4O/c1-9(2)15-6-11(5-13-15)16-7-10-4-12-8-14(10)3/h4-6,8-9H,7H2,1-3H3. The highest BCUT2D eigenvalue weighted by atomic mass is 16.5. The number of ether oxygens (including phenoxy) is 1. The van der Waals surface area contributed by atoms with Crippen LogP contribution in [0.25, 0.3) is 0 Å². The van der Waals surface area contributed by atoms with Crippen LogP contribution in [0.3, 0.4) is 0 Å². The Hall–Kier alpha value is -1.78. The molecule has 0 aliphatic heterocycles. The zero-order valence-electron chi connectivity index (χ0n) is 9.79. The molecule has 0 unspecified atom stereocenters. The lowest BCUT2D eigenvalue weighted by molar-refractivity contribution is 0.296. The molecule has 2 aromatic rings. The molecule has 86 valence electrons. The van der Waals surface area contributed by atoms with Crippen LogP contribution in [0, 0.1) is 0 Å². The average Bonchev–Trinajstić information content (AvgIpc) is 2.83. The van der Waals surface area contributed by atoms with Crippen molar-refractivity contribution in [3.63, 3.8) is 0 Å². The van der Waals surface area contributed by atoms with Crippen molar-refractivity contribution < 1.29 is 4.74 Å². The molecule has 0 amide bonds. The first-order valence-corrected chi connectivity index (χ1v) is 5.29. The van der Waals surface area contributed by atoms with E-state index in [1.54, 1.807) is 18.7 Å². The quantitative estimate of drug-likeness (QED) is 0.789. The minimum atomic E-state index is 0.356. The predicted octanol–water partition coefficient (Wildman–Crippen LogP) is 1.78. The summed E-state index contributed by atoms with van der Waals surface area (Å²) >= 11 is 0. The van der Waals surface area contributed by atoms with Crippen molar-refractivity contribution in [1.82, 2.24) is 19.3 Å². The molecule has 0 radical (unpaired) electrons. The third kappa shape index (κ3) is 2.24. The number of hydrogen-bond donors (Lipinski definition) is 0. The van der Waals surface area contributed by atoms with Crippen molar-refractivity contribution in [2.24, 2.45) is 7.05 Å². The molecular weight excluding hydrogens is 204 g/mol. The van der Waals surface area contributed by atoms with Gasteiger partial charge < -0.3 is 9.30 Å². The Morgan fingerprint density at radius 3 is 2.75 bits per heavy atom. The molecule has 2 heterocycles. The maximum Gasteiger partial charge on any atom is 0.157 e. The van der Waals surface area contributed by atoms with Gasteiger partial charge in [-0.1, -0.05) is 0 Å². The van der Waals surface area contributed by atoms with Crippen LogP contribution >= 0.6 is 0 Å². The molecular formula is C11H16N4O. The summed E-state index contributed by atoms with van der Waals surface area (Å²) in [5, 5.41) is 4.21. The first-order chi connectivity index (χ1) is 7.66. The highest BCUT2D eigenvalue weighted by molar-refractivity contribution is 5.12. The van der Waals surface area contributed by atoms with E-state index in [0.717, 1.165) is 11.4 Å². The fraction of sp³-hybridized carbons (Fsp3) is 0.455. The van der Waals surface area contributed by atoms with E-state index in [2.05, 4.69) is 23.9 Å². The molecule has 0 saturated carbocycles. The largest absolute Gasteiger partial charge is 0.484 e. The molecule has 0 saturated heterocycles. The average molecular weight is 220 g/mol. The Morgan fingerprint density at radius 1 is 1.38 bits per heavy atom. The Balaban J connectivity index is 1.97. The van der Waals surface area contributed by atoms with E-state index in [1.165, 1.54) is 0 Å². The third-order valence-electron chi connectivity index (χ3n) is 2.41. The minimum absolute atomic E-state index is 0.356. The fourth-order valence-corrected chi connectivity index (χ4v) is 1.36. The maximum atomic E-state index is 5.62. The van der Waals surface area contributed by atoms with Crippen LogP contribution < -0.4 is 4.74 Å². The first kappa shape index (κ1) is 10.7. The monoisotopic (exact) mass is 220 g/mol. The van der Waals surface area contributed by atoms with Crippen LogP contribution in [0.2, 0.25) is 0 Å². The summed E-state index contributed by atoms with van der Waals surface area (Å²) in [6, 6.07) is 0.356. The summed E-state index contributed by atoms with van der Waals surface area (Å²) in [7, 11) is 1.95. The summed E-state index contributed by atoms with van der Waals surface area (Å²) in [5.74, 6) is 0.787. The molecule has 0 bridgehead atoms. The zero-order valence-corrected chi connectivity index (χ0v) is 9.79. The molecule has 2 aromatic heterocycles. The minimum Gasteiger partial charge on any atom is -0.484 e. The van der Waals surface area contributed by atoms with Crippen LogP contribution in [0.1, 0.15) is 25.6 Å². The number of imidazole rings is 1. The topological polar surface area (TPSA) is 44.9 Å². The van der Waals surface area contributed by atoms with E-state index in [-0.39, 0.29) is 0 Å². The lowest BCUT2D eigenvalue weighted by Crippen LogP contribution is -2.01. The van der Waals surface area contributed by atoms with Gasteiger partial charge in [-0.15, -0.1) is 0 Å². The molecule has 16 heavy (non-hydrogen) atoms. The van der Waals surface area contributed by atoms with Gasteiger partial charge in [-0.25, -0.2) is 4.98 Å². The van der Waals surface area contributed by atoms with Gasteiger partial charge in [0.05, 0.1) is 30.6 Å². The van der Waals surface area contributed by atoms with Gasteiger partial charge in [-0.05, 0) is 13.8 Å². The SMILES string of the molecule is CC(C)n1cc(OCc2cncn2C)cn1. The third-order valence-corrected chi connectivity index (χ3v) is 2.41. The van der Waals surface area contributed by atoms with Crippen molar-refractivity contribution in [1.29, 1.82) is 0 Å². The smallest absolute Gasteiger partial charge is 0.157 e. The van der Waals surface area contributed by atoms with Crippen molar-refractivity contribution in [2.45, 2.75) is 26.5 Å². The van der Waals surface area contributed by atoms with Crippen LogP contribution in [0.15, 0.2) is 24.9 Å². The molecule has 5 nitrogen and oxygen atoms in total. The summed E-state index contributed by atoms with van der Waals surface area (Å²) in [6.45, 7) is 4.68. The van der Waals surface area contributed by atoms with Crippen molar-refractivity contribution in [2.75, 3.05) is 0 Å². The van der Waals surface area contributed by atoms with Gasteiger partial charge in [0, 0.05) is 13.1 Å². The van der Waals surface area contributed by atoms with Gasteiger partial charge in [0.15, 0.2) is 5.75 Å². The molecule has 0 aromatic carbocycles. The second-order valence-electron chi connectivity index (χ2n) is 4.03. The lowest BCUT2D eigenvalue weighted by Gasteiger charge is -2.04. The zero-order chi connectivity index (χ0) is 11.5. The van der Waals surface area contributed by atoms with E-state index in [9.17, 15) is 0 Å². The van der Waals surface area contributed by atoms with Gasteiger partial charge >= 0.3 is 0 Å². The van der Waals surface area contributed by atoms with Gasteiger partial charge in [0.1, 0.15) is 6.61 Å². The van der Waals surface area contributed by atoms with E-state index >= 15 is 0 Å². The number of aromatic nitrogens is 4. The molecule has 0 N–H and O–H groups in total. The van der Waals surface area contributed by atoms with Crippen molar-refractivity contribution in [3.05, 3.63) is 30.6 Å². The van der Waals surface area contributed by atoms with Gasteiger partial charge in [0.25, 0.3) is 0 Å². The highest BCUT2D eigenvalue weighted by Crippen LogP contribution is 2.13. The molecule has 0 aliphatic rings. The number of hydrogen-bond acceptors (Lipinski definition) is 3. The summed E-state index contributed by atoms with van der Waals surface area (Å²) in [6.07, 6.45) is 7.19. The van der Waals surface area contributed by atoms with Crippen LogP contribution in [0.4, 0.5) is 0 Å². The van der Waals surface area contributed by atoms with E-state index in [0.29, 0.717) is 12.6 Å². The molecule has 5 heteroatoms. The van der Waals surface area contributed by atoms with E-state index < -0.39 is 0 Å². The second-order valence-corrected chi connectivity index (χ2v) is 4.03. The Morgan fingerprint density at radius 2 is 2.19 bits per heavy atom. The lowest BCUT2D eigenvalue weighted by atomic mass is 10.4. The first-order valence-electron chi connectivity index (χ1n) is 5.29. The molecule has 0 aliphatic carbocycles. The van der Waals surface area contributed by atoms with Crippen molar-refractivity contribution >= 4 is 0 Å². The van der Waals surface area contributed by atoms with Crippen LogP contribution in [-0.4, -0.2) is 19.3 Å².